The minimum atomic E-state index is -4.38. The Morgan fingerprint density at radius 2 is 1.24 bits per heavy atom. The zero-order chi connectivity index (χ0) is 34.0. The van der Waals surface area contributed by atoms with Crippen LogP contribution in [0.3, 0.4) is 0 Å². The molecule has 10 heteroatoms. The minimum Gasteiger partial charge on any atom is -0.462 e. The summed E-state index contributed by atoms with van der Waals surface area (Å²) in [6, 6.07) is 0. The highest BCUT2D eigenvalue weighted by atomic mass is 31.2. The molecule has 0 aliphatic rings. The Morgan fingerprint density at radius 3 is 1.85 bits per heavy atom. The topological polar surface area (TPSA) is 134 Å². The number of carbonyl (C=O) groups excluding carboxylic acids is 2. The molecule has 9 nitrogen and oxygen atoms in total. The monoisotopic (exact) mass is 669 g/mol. The number of phosphoric acid groups is 1. The standard InChI is InChI=1S/C36H64NO8P/c1-3-5-7-9-11-13-15-17-19-21-23-25-27-29-36(39)45-34(33-44-46(40,41)43-31-30-37)32-42-35(38)28-26-24-22-20-18-16-14-12-10-8-6-4-2/h6,8,12,14,17,19,23,25,34H,3-5,7,9-11,13,15-16,18,20-22,24,26-33,37H2,1-2H3,(H,40,41)/b8-6+,14-12+,19-17+,25-23+. The highest BCUT2D eigenvalue weighted by Crippen LogP contribution is 2.43. The summed E-state index contributed by atoms with van der Waals surface area (Å²) in [7, 11) is -4.38. The number of hydrogen-bond acceptors (Lipinski definition) is 8. The molecule has 0 rings (SSSR count). The summed E-state index contributed by atoms with van der Waals surface area (Å²) in [5.41, 5.74) is 5.31. The smallest absolute Gasteiger partial charge is 0.462 e. The Balaban J connectivity index is 4.39. The van der Waals surface area contributed by atoms with Crippen molar-refractivity contribution in [2.45, 2.75) is 142 Å². The third-order valence-electron chi connectivity index (χ3n) is 6.96. The molecule has 3 N–H and O–H groups in total. The van der Waals surface area contributed by atoms with E-state index in [1.165, 1.54) is 38.5 Å². The maximum absolute atomic E-state index is 12.4. The van der Waals surface area contributed by atoms with E-state index in [4.69, 9.17) is 24.3 Å². The lowest BCUT2D eigenvalue weighted by Crippen LogP contribution is -2.29. The number of allylic oxidation sites excluding steroid dienone is 8. The summed E-state index contributed by atoms with van der Waals surface area (Å²) >= 11 is 0. The number of esters is 2. The van der Waals surface area contributed by atoms with E-state index in [2.05, 4.69) is 50.3 Å². The number of carbonyl (C=O) groups is 2. The summed E-state index contributed by atoms with van der Waals surface area (Å²) in [5.74, 6) is -0.931. The van der Waals surface area contributed by atoms with E-state index >= 15 is 0 Å². The first-order valence-corrected chi connectivity index (χ1v) is 19.1. The molecule has 0 radical (unpaired) electrons. The van der Waals surface area contributed by atoms with Crippen LogP contribution in [0.1, 0.15) is 136 Å². The van der Waals surface area contributed by atoms with Crippen LogP contribution in [-0.4, -0.2) is 49.3 Å². The van der Waals surface area contributed by atoms with E-state index < -0.39 is 32.5 Å². The molecule has 0 spiro atoms. The van der Waals surface area contributed by atoms with Gasteiger partial charge >= 0.3 is 19.8 Å². The van der Waals surface area contributed by atoms with Crippen LogP contribution in [0.25, 0.3) is 0 Å². The molecule has 0 fully saturated rings. The quantitative estimate of drug-likeness (QED) is 0.0311. The fraction of sp³-hybridized carbons (Fsp3) is 0.722. The van der Waals surface area contributed by atoms with Crippen molar-refractivity contribution in [2.75, 3.05) is 26.4 Å². The molecule has 2 atom stereocenters. The lowest BCUT2D eigenvalue weighted by Gasteiger charge is -2.19. The van der Waals surface area contributed by atoms with Crippen molar-refractivity contribution in [3.8, 4) is 0 Å². The molecular formula is C36H64NO8P. The maximum atomic E-state index is 12.4. The molecule has 0 aliphatic heterocycles. The van der Waals surface area contributed by atoms with Crippen molar-refractivity contribution in [1.82, 2.24) is 0 Å². The molecule has 2 unspecified atom stereocenters. The van der Waals surface area contributed by atoms with Crippen LogP contribution in [0, 0.1) is 0 Å². The molecule has 46 heavy (non-hydrogen) atoms. The van der Waals surface area contributed by atoms with Gasteiger partial charge in [-0.25, -0.2) is 4.57 Å². The second-order valence-electron chi connectivity index (χ2n) is 11.3. The predicted molar refractivity (Wildman–Crippen MR) is 187 cm³/mol. The number of ether oxygens (including phenoxy) is 2. The largest absolute Gasteiger partial charge is 0.472 e. The van der Waals surface area contributed by atoms with Gasteiger partial charge in [0.15, 0.2) is 6.10 Å². The number of phosphoric ester groups is 1. The molecular weight excluding hydrogens is 605 g/mol. The minimum absolute atomic E-state index is 0.0420. The Bertz CT molecular complexity index is 902. The SMILES string of the molecule is CC/C=C/C/C=C/CCCCCCCC(=O)OCC(COP(=O)(O)OCCN)OC(=O)CC/C=C/C/C=C/CCCCCCCC. The van der Waals surface area contributed by atoms with Gasteiger partial charge in [-0.2, -0.15) is 0 Å². The molecule has 266 valence electrons. The van der Waals surface area contributed by atoms with Crippen LogP contribution in [0.2, 0.25) is 0 Å². The van der Waals surface area contributed by atoms with Gasteiger partial charge in [0.25, 0.3) is 0 Å². The lowest BCUT2D eigenvalue weighted by molar-refractivity contribution is -0.161. The predicted octanol–water partition coefficient (Wildman–Crippen LogP) is 9.21. The third-order valence-corrected chi connectivity index (χ3v) is 7.95. The summed E-state index contributed by atoms with van der Waals surface area (Å²) in [6.07, 6.45) is 34.5. The van der Waals surface area contributed by atoms with Crippen molar-refractivity contribution >= 4 is 19.8 Å². The van der Waals surface area contributed by atoms with Gasteiger partial charge in [0.1, 0.15) is 6.61 Å². The zero-order valence-corrected chi connectivity index (χ0v) is 29.7. The van der Waals surface area contributed by atoms with Crippen molar-refractivity contribution in [1.29, 1.82) is 0 Å². The van der Waals surface area contributed by atoms with Crippen LogP contribution < -0.4 is 5.73 Å². The molecule has 0 aromatic heterocycles. The highest BCUT2D eigenvalue weighted by Gasteiger charge is 2.25. The van der Waals surface area contributed by atoms with Crippen LogP contribution in [-0.2, 0) is 32.7 Å². The fourth-order valence-corrected chi connectivity index (χ4v) is 5.13. The number of unbranched alkanes of at least 4 members (excludes halogenated alkanes) is 11. The van der Waals surface area contributed by atoms with Gasteiger partial charge in [-0.3, -0.25) is 18.6 Å². The summed E-state index contributed by atoms with van der Waals surface area (Å²) in [4.78, 5) is 34.5. The molecule has 0 heterocycles. The Kier molecular flexibility index (Phi) is 31.4. The summed E-state index contributed by atoms with van der Waals surface area (Å²) in [5, 5.41) is 0. The van der Waals surface area contributed by atoms with Gasteiger partial charge in [0.05, 0.1) is 13.2 Å². The Hall–Kier alpha value is -2.03. The van der Waals surface area contributed by atoms with Crippen LogP contribution in [0.15, 0.2) is 48.6 Å². The average molecular weight is 670 g/mol. The maximum Gasteiger partial charge on any atom is 0.472 e. The number of nitrogens with two attached hydrogens (primary N) is 1. The summed E-state index contributed by atoms with van der Waals surface area (Å²) < 4.78 is 32.5. The fourth-order valence-electron chi connectivity index (χ4n) is 4.37. The van der Waals surface area contributed by atoms with Gasteiger partial charge in [-0.05, 0) is 57.8 Å². The first-order chi connectivity index (χ1) is 22.3. The van der Waals surface area contributed by atoms with Gasteiger partial charge < -0.3 is 20.1 Å². The van der Waals surface area contributed by atoms with Crippen molar-refractivity contribution < 1.29 is 37.6 Å². The first kappa shape index (κ1) is 44.0. The van der Waals surface area contributed by atoms with Gasteiger partial charge in [0, 0.05) is 19.4 Å². The van der Waals surface area contributed by atoms with E-state index in [0.29, 0.717) is 12.8 Å². The Morgan fingerprint density at radius 1 is 0.674 bits per heavy atom. The molecule has 0 aromatic rings. The second kappa shape index (κ2) is 32.9. The highest BCUT2D eigenvalue weighted by molar-refractivity contribution is 7.47. The van der Waals surface area contributed by atoms with Gasteiger partial charge in [0.2, 0.25) is 0 Å². The van der Waals surface area contributed by atoms with E-state index in [1.54, 1.807) is 0 Å². The molecule has 0 aromatic carbocycles. The lowest BCUT2D eigenvalue weighted by atomic mass is 10.1. The second-order valence-corrected chi connectivity index (χ2v) is 12.8. The first-order valence-electron chi connectivity index (χ1n) is 17.6. The molecule has 0 saturated heterocycles. The van der Waals surface area contributed by atoms with Crippen LogP contribution in [0.4, 0.5) is 0 Å². The molecule has 0 saturated carbocycles. The van der Waals surface area contributed by atoms with E-state index in [9.17, 15) is 19.0 Å². The van der Waals surface area contributed by atoms with Crippen molar-refractivity contribution in [2.24, 2.45) is 5.73 Å². The van der Waals surface area contributed by atoms with Crippen molar-refractivity contribution in [3.05, 3.63) is 48.6 Å². The van der Waals surface area contributed by atoms with E-state index in [-0.39, 0.29) is 32.6 Å². The number of rotatable bonds is 32. The summed E-state index contributed by atoms with van der Waals surface area (Å²) in [6.45, 7) is 3.49. The third kappa shape index (κ3) is 31.9. The molecule has 0 bridgehead atoms. The molecule has 0 aliphatic carbocycles. The zero-order valence-electron chi connectivity index (χ0n) is 28.8. The normalized spacial score (nSPS) is 14.1. The number of hydrogen-bond donors (Lipinski definition) is 2. The van der Waals surface area contributed by atoms with E-state index in [0.717, 1.165) is 57.8 Å². The van der Waals surface area contributed by atoms with Crippen LogP contribution >= 0.6 is 7.82 Å². The average Bonchev–Trinajstić information content (AvgIpc) is 3.04. The van der Waals surface area contributed by atoms with Gasteiger partial charge in [-0.15, -0.1) is 0 Å². The Labute approximate surface area is 279 Å². The van der Waals surface area contributed by atoms with Gasteiger partial charge in [-0.1, -0.05) is 114 Å². The van der Waals surface area contributed by atoms with Crippen molar-refractivity contribution in [3.63, 3.8) is 0 Å². The van der Waals surface area contributed by atoms with E-state index in [1.807, 2.05) is 12.2 Å². The van der Waals surface area contributed by atoms with Crippen LogP contribution in [0.5, 0.6) is 0 Å². The molecule has 0 amide bonds.